The Bertz CT molecular complexity index is 761. The monoisotopic (exact) mass is 403 g/mol. The molecule has 3 heterocycles. The Morgan fingerprint density at radius 1 is 1.24 bits per heavy atom. The molecule has 8 nitrogen and oxygen atoms in total. The molecule has 0 unspecified atom stereocenters. The number of carbonyl (C=O) groups excluding carboxylic acids is 2. The molecule has 0 bridgehead atoms. The molecule has 158 valence electrons. The van der Waals surface area contributed by atoms with Crippen LogP contribution >= 0.6 is 0 Å². The fourth-order valence-corrected chi connectivity index (χ4v) is 4.24. The van der Waals surface area contributed by atoms with E-state index in [-0.39, 0.29) is 25.2 Å². The zero-order valence-corrected chi connectivity index (χ0v) is 16.9. The lowest BCUT2D eigenvalue weighted by Crippen LogP contribution is -2.42. The highest BCUT2D eigenvalue weighted by atomic mass is 16.7. The second kappa shape index (κ2) is 8.90. The van der Waals surface area contributed by atoms with Gasteiger partial charge in [0.15, 0.2) is 11.5 Å². The number of likely N-dealkylation sites (tertiary alicyclic amines) is 2. The molecule has 1 aromatic rings. The van der Waals surface area contributed by atoms with Gasteiger partial charge in [0.25, 0.3) is 0 Å². The van der Waals surface area contributed by atoms with Crippen LogP contribution in [0.1, 0.15) is 31.2 Å². The van der Waals surface area contributed by atoms with E-state index in [4.69, 9.17) is 14.2 Å². The summed E-state index contributed by atoms with van der Waals surface area (Å²) in [5, 5.41) is 3.01. The highest BCUT2D eigenvalue weighted by molar-refractivity contribution is 5.85. The van der Waals surface area contributed by atoms with Crippen LogP contribution in [0.3, 0.4) is 0 Å². The summed E-state index contributed by atoms with van der Waals surface area (Å²) in [6.07, 6.45) is 3.52. The van der Waals surface area contributed by atoms with Crippen LogP contribution in [0.2, 0.25) is 0 Å². The van der Waals surface area contributed by atoms with Gasteiger partial charge in [0.1, 0.15) is 0 Å². The Morgan fingerprint density at radius 2 is 2.07 bits per heavy atom. The molecule has 0 aromatic heterocycles. The standard InChI is InChI=1S/C21H29N3O5/c1-27-17-9-16(10-18-21(17)29-14-28-18)12-23-7-4-15(5-8-23)11-22-19(25)13-24-6-2-3-20(24)26/h9-10,15H,2-8,11-14H2,1H3,(H,22,25). The summed E-state index contributed by atoms with van der Waals surface area (Å²) in [5.41, 5.74) is 1.15. The number of fused-ring (bicyclic) bond motifs is 1. The van der Waals surface area contributed by atoms with Gasteiger partial charge >= 0.3 is 0 Å². The summed E-state index contributed by atoms with van der Waals surface area (Å²) >= 11 is 0. The van der Waals surface area contributed by atoms with Gasteiger partial charge in [-0.2, -0.15) is 0 Å². The molecule has 0 saturated carbocycles. The lowest BCUT2D eigenvalue weighted by molar-refractivity contribution is -0.133. The molecule has 0 atom stereocenters. The minimum atomic E-state index is -0.0462. The molecule has 2 saturated heterocycles. The van der Waals surface area contributed by atoms with Crippen LogP contribution in [0.15, 0.2) is 12.1 Å². The van der Waals surface area contributed by atoms with E-state index >= 15 is 0 Å². The largest absolute Gasteiger partial charge is 0.493 e. The van der Waals surface area contributed by atoms with Gasteiger partial charge in [0.05, 0.1) is 13.7 Å². The summed E-state index contributed by atoms with van der Waals surface area (Å²) in [5.74, 6) is 2.67. The number of hydrogen-bond donors (Lipinski definition) is 1. The molecule has 3 aliphatic heterocycles. The fraction of sp³-hybridized carbons (Fsp3) is 0.619. The fourth-order valence-electron chi connectivity index (χ4n) is 4.24. The third kappa shape index (κ3) is 4.75. The molecular formula is C21H29N3O5. The molecule has 0 aliphatic carbocycles. The molecule has 2 fully saturated rings. The predicted molar refractivity (Wildman–Crippen MR) is 106 cm³/mol. The zero-order chi connectivity index (χ0) is 20.2. The number of amides is 2. The molecule has 3 aliphatic rings. The summed E-state index contributed by atoms with van der Waals surface area (Å²) in [6.45, 7) is 4.64. The van der Waals surface area contributed by atoms with E-state index in [0.717, 1.165) is 50.2 Å². The maximum atomic E-state index is 12.1. The third-order valence-electron chi connectivity index (χ3n) is 5.93. The van der Waals surface area contributed by atoms with Gasteiger partial charge in [-0.15, -0.1) is 0 Å². The minimum absolute atomic E-state index is 0.0462. The van der Waals surface area contributed by atoms with Crippen molar-refractivity contribution in [3.05, 3.63) is 17.7 Å². The third-order valence-corrected chi connectivity index (χ3v) is 5.93. The van der Waals surface area contributed by atoms with Crippen LogP contribution in [0.4, 0.5) is 0 Å². The van der Waals surface area contributed by atoms with Crippen LogP contribution in [-0.2, 0) is 16.1 Å². The van der Waals surface area contributed by atoms with Gasteiger partial charge in [-0.25, -0.2) is 0 Å². The second-order valence-electron chi connectivity index (χ2n) is 7.97. The number of ether oxygens (including phenoxy) is 3. The van der Waals surface area contributed by atoms with Crippen molar-refractivity contribution >= 4 is 11.8 Å². The van der Waals surface area contributed by atoms with Crippen molar-refractivity contribution in [2.45, 2.75) is 32.2 Å². The second-order valence-corrected chi connectivity index (χ2v) is 7.97. The zero-order valence-electron chi connectivity index (χ0n) is 16.9. The van der Waals surface area contributed by atoms with Crippen LogP contribution in [0, 0.1) is 5.92 Å². The number of piperidine rings is 1. The van der Waals surface area contributed by atoms with Gasteiger partial charge in [-0.1, -0.05) is 0 Å². The van der Waals surface area contributed by atoms with Gasteiger partial charge in [0, 0.05) is 26.1 Å². The quantitative estimate of drug-likeness (QED) is 0.741. The average molecular weight is 403 g/mol. The van der Waals surface area contributed by atoms with Gasteiger partial charge in [-0.05, 0) is 56.0 Å². The van der Waals surface area contributed by atoms with Crippen LogP contribution in [0.25, 0.3) is 0 Å². The summed E-state index contributed by atoms with van der Waals surface area (Å²) in [4.78, 5) is 27.8. The van der Waals surface area contributed by atoms with Crippen molar-refractivity contribution in [3.8, 4) is 17.2 Å². The molecular weight excluding hydrogens is 374 g/mol. The smallest absolute Gasteiger partial charge is 0.239 e. The van der Waals surface area contributed by atoms with E-state index in [1.807, 2.05) is 12.1 Å². The Balaban J connectivity index is 1.21. The lowest BCUT2D eigenvalue weighted by atomic mass is 9.96. The lowest BCUT2D eigenvalue weighted by Gasteiger charge is -2.32. The van der Waals surface area contributed by atoms with Crippen molar-refractivity contribution < 1.29 is 23.8 Å². The Labute approximate surface area is 171 Å². The van der Waals surface area contributed by atoms with E-state index in [9.17, 15) is 9.59 Å². The van der Waals surface area contributed by atoms with Crippen molar-refractivity contribution in [2.24, 2.45) is 5.92 Å². The Hall–Kier alpha value is -2.48. The van der Waals surface area contributed by atoms with E-state index in [2.05, 4.69) is 10.2 Å². The van der Waals surface area contributed by atoms with E-state index in [1.165, 1.54) is 0 Å². The van der Waals surface area contributed by atoms with Crippen LogP contribution in [-0.4, -0.2) is 68.2 Å². The summed E-state index contributed by atoms with van der Waals surface area (Å²) in [7, 11) is 1.64. The first kappa shape index (κ1) is 19.8. The Kier molecular flexibility index (Phi) is 6.08. The number of methoxy groups -OCH3 is 1. The highest BCUT2D eigenvalue weighted by Crippen LogP contribution is 2.42. The number of rotatable bonds is 7. The summed E-state index contributed by atoms with van der Waals surface area (Å²) < 4.78 is 16.4. The molecule has 8 heteroatoms. The number of hydrogen-bond acceptors (Lipinski definition) is 6. The van der Waals surface area contributed by atoms with Crippen LogP contribution in [0.5, 0.6) is 17.2 Å². The number of benzene rings is 1. The molecule has 0 spiro atoms. The molecule has 1 aromatic carbocycles. The van der Waals surface area contributed by atoms with Gasteiger partial charge in [-0.3, -0.25) is 14.5 Å². The topological polar surface area (TPSA) is 80.3 Å². The van der Waals surface area contributed by atoms with Crippen molar-refractivity contribution in [2.75, 3.05) is 46.6 Å². The van der Waals surface area contributed by atoms with Gasteiger partial charge in [0.2, 0.25) is 24.4 Å². The van der Waals surface area contributed by atoms with Gasteiger partial charge < -0.3 is 24.4 Å². The van der Waals surface area contributed by atoms with E-state index < -0.39 is 0 Å². The van der Waals surface area contributed by atoms with Crippen LogP contribution < -0.4 is 19.5 Å². The first-order valence-corrected chi connectivity index (χ1v) is 10.4. The number of carbonyl (C=O) groups is 2. The first-order chi connectivity index (χ1) is 14.1. The normalized spacial score (nSPS) is 19.6. The predicted octanol–water partition coefficient (Wildman–Crippen LogP) is 1.37. The molecule has 4 rings (SSSR count). The van der Waals surface area contributed by atoms with Crippen molar-refractivity contribution in [1.82, 2.24) is 15.1 Å². The molecule has 0 radical (unpaired) electrons. The number of nitrogens with one attached hydrogen (secondary N) is 1. The van der Waals surface area contributed by atoms with Crippen molar-refractivity contribution in [3.63, 3.8) is 0 Å². The van der Waals surface area contributed by atoms with Crippen molar-refractivity contribution in [1.29, 1.82) is 0 Å². The molecule has 29 heavy (non-hydrogen) atoms. The average Bonchev–Trinajstić information content (AvgIpc) is 3.36. The van der Waals surface area contributed by atoms with E-state index in [0.29, 0.717) is 36.9 Å². The maximum Gasteiger partial charge on any atom is 0.239 e. The first-order valence-electron chi connectivity index (χ1n) is 10.4. The molecule has 1 N–H and O–H groups in total. The van der Waals surface area contributed by atoms with E-state index in [1.54, 1.807) is 12.0 Å². The highest BCUT2D eigenvalue weighted by Gasteiger charge is 2.25. The summed E-state index contributed by atoms with van der Waals surface area (Å²) in [6, 6.07) is 4.04. The minimum Gasteiger partial charge on any atom is -0.493 e. The maximum absolute atomic E-state index is 12.1. The number of nitrogens with zero attached hydrogens (tertiary/aromatic N) is 2. The SMILES string of the molecule is COc1cc(CN2CCC(CNC(=O)CN3CCCC3=O)CC2)cc2c1OCO2. The Morgan fingerprint density at radius 3 is 2.79 bits per heavy atom. The molecule has 2 amide bonds.